The maximum Gasteiger partial charge on any atom is 0.216 e. The van der Waals surface area contributed by atoms with Crippen LogP contribution in [-0.2, 0) is 9.59 Å². The second-order valence-corrected chi connectivity index (χ2v) is 6.15. The van der Waals surface area contributed by atoms with Gasteiger partial charge in [0.1, 0.15) is 0 Å². The number of rotatable bonds is 4. The second-order valence-electron chi connectivity index (χ2n) is 4.93. The number of hydrogen-bond acceptors (Lipinski definition) is 3. The average Bonchev–Trinajstić information content (AvgIpc) is 2.08. The normalized spacial score (nSPS) is 19.2. The van der Waals surface area contributed by atoms with Crippen LogP contribution < -0.4 is 5.32 Å². The molecule has 3 nitrogen and oxygen atoms in total. The number of allylic oxidation sites excluding steroid dienone is 2. The Balaban J connectivity index is 2.37. The summed E-state index contributed by atoms with van der Waals surface area (Å²) in [5.41, 5.74) is 0.0855. The van der Waals surface area contributed by atoms with Gasteiger partial charge in [0.15, 0.2) is 5.78 Å². The van der Waals surface area contributed by atoms with Crippen LogP contribution in [0.1, 0.15) is 33.6 Å². The summed E-state index contributed by atoms with van der Waals surface area (Å²) in [5, 5.41) is 2.75. The Kier molecular flexibility index (Phi) is 4.59. The molecule has 0 fully saturated rings. The minimum absolute atomic E-state index is 0.00497. The highest BCUT2D eigenvalue weighted by molar-refractivity contribution is 8.03. The molecule has 0 atom stereocenters. The summed E-state index contributed by atoms with van der Waals surface area (Å²) in [5.74, 6) is 1.04. The van der Waals surface area contributed by atoms with Crippen molar-refractivity contribution in [1.82, 2.24) is 5.32 Å². The van der Waals surface area contributed by atoms with E-state index in [0.717, 1.165) is 17.1 Å². The van der Waals surface area contributed by atoms with Crippen LogP contribution in [0.2, 0.25) is 0 Å². The minimum atomic E-state index is -0.00497. The molecule has 16 heavy (non-hydrogen) atoms. The summed E-state index contributed by atoms with van der Waals surface area (Å²) in [6.45, 7) is 6.40. The lowest BCUT2D eigenvalue weighted by molar-refractivity contribution is -0.119. The topological polar surface area (TPSA) is 46.2 Å². The van der Waals surface area contributed by atoms with Gasteiger partial charge in [0.25, 0.3) is 0 Å². The summed E-state index contributed by atoms with van der Waals surface area (Å²) in [4.78, 5) is 23.3. The Morgan fingerprint density at radius 2 is 2.19 bits per heavy atom. The highest BCUT2D eigenvalue weighted by Crippen LogP contribution is 2.38. The number of carbonyl (C=O) groups is 2. The maximum atomic E-state index is 11.5. The van der Waals surface area contributed by atoms with E-state index in [4.69, 9.17) is 0 Å². The van der Waals surface area contributed by atoms with Crippen molar-refractivity contribution >= 4 is 23.5 Å². The van der Waals surface area contributed by atoms with Gasteiger partial charge >= 0.3 is 0 Å². The van der Waals surface area contributed by atoms with Crippen molar-refractivity contribution in [1.29, 1.82) is 0 Å². The van der Waals surface area contributed by atoms with Crippen LogP contribution in [0, 0.1) is 5.41 Å². The Bertz CT molecular complexity index is 321. The summed E-state index contributed by atoms with van der Waals surface area (Å²) < 4.78 is 0. The molecule has 1 N–H and O–H groups in total. The smallest absolute Gasteiger partial charge is 0.216 e. The molecule has 0 saturated heterocycles. The van der Waals surface area contributed by atoms with E-state index in [2.05, 4.69) is 19.2 Å². The lowest BCUT2D eigenvalue weighted by Gasteiger charge is -2.28. The van der Waals surface area contributed by atoms with Gasteiger partial charge in [-0.15, -0.1) is 11.8 Å². The summed E-state index contributed by atoms with van der Waals surface area (Å²) in [6, 6.07) is 0. The number of nitrogens with one attached hydrogen (secondary N) is 1. The lowest BCUT2D eigenvalue weighted by Crippen LogP contribution is -2.24. The monoisotopic (exact) mass is 241 g/mol. The lowest BCUT2D eigenvalue weighted by atomic mass is 9.80. The minimum Gasteiger partial charge on any atom is -0.356 e. The van der Waals surface area contributed by atoms with E-state index >= 15 is 0 Å². The van der Waals surface area contributed by atoms with Crippen molar-refractivity contribution in [3.8, 4) is 0 Å². The molecular weight excluding hydrogens is 222 g/mol. The van der Waals surface area contributed by atoms with Gasteiger partial charge in [-0.05, 0) is 22.8 Å². The molecule has 1 aliphatic rings. The molecule has 1 aliphatic carbocycles. The highest BCUT2D eigenvalue weighted by Gasteiger charge is 2.27. The molecule has 0 aromatic rings. The number of amides is 1. The molecule has 0 saturated carbocycles. The summed E-state index contributed by atoms with van der Waals surface area (Å²) in [7, 11) is 0. The first kappa shape index (κ1) is 13.3. The largest absolute Gasteiger partial charge is 0.356 e. The zero-order valence-electron chi connectivity index (χ0n) is 10.1. The van der Waals surface area contributed by atoms with Gasteiger partial charge in [0.2, 0.25) is 5.91 Å². The van der Waals surface area contributed by atoms with Crippen molar-refractivity contribution in [2.45, 2.75) is 33.6 Å². The quantitative estimate of drug-likeness (QED) is 0.767. The van der Waals surface area contributed by atoms with Crippen LogP contribution in [0.4, 0.5) is 0 Å². The van der Waals surface area contributed by atoms with E-state index in [1.54, 1.807) is 17.8 Å². The Morgan fingerprint density at radius 3 is 2.75 bits per heavy atom. The second kappa shape index (κ2) is 5.53. The predicted molar refractivity (Wildman–Crippen MR) is 67.2 cm³/mol. The fraction of sp³-hybridized carbons (Fsp3) is 0.667. The fourth-order valence-electron chi connectivity index (χ4n) is 1.79. The van der Waals surface area contributed by atoms with Gasteiger partial charge in [0.05, 0.1) is 0 Å². The van der Waals surface area contributed by atoms with Crippen LogP contribution in [0.25, 0.3) is 0 Å². The predicted octanol–water partition coefficient (Wildman–Crippen LogP) is 2.13. The summed E-state index contributed by atoms with van der Waals surface area (Å²) >= 11 is 1.67. The van der Waals surface area contributed by atoms with E-state index < -0.39 is 0 Å². The molecule has 0 radical (unpaired) electrons. The molecular formula is C12H19NO2S. The number of hydrogen-bond donors (Lipinski definition) is 1. The SMILES string of the molecule is CC(=O)NCCSC1=CC(=O)CC(C)(C)C1. The first-order chi connectivity index (χ1) is 7.39. The van der Waals surface area contributed by atoms with Gasteiger partial charge in [-0.1, -0.05) is 13.8 Å². The van der Waals surface area contributed by atoms with Crippen LogP contribution >= 0.6 is 11.8 Å². The van der Waals surface area contributed by atoms with Crippen molar-refractivity contribution in [2.24, 2.45) is 5.41 Å². The van der Waals surface area contributed by atoms with Gasteiger partial charge in [-0.25, -0.2) is 0 Å². The van der Waals surface area contributed by atoms with Gasteiger partial charge in [-0.2, -0.15) is 0 Å². The Hall–Kier alpha value is -0.770. The van der Waals surface area contributed by atoms with Crippen LogP contribution in [0.5, 0.6) is 0 Å². The zero-order valence-corrected chi connectivity index (χ0v) is 10.9. The number of ketones is 1. The third kappa shape index (κ3) is 4.84. The zero-order chi connectivity index (χ0) is 12.2. The third-order valence-electron chi connectivity index (χ3n) is 2.39. The first-order valence-corrected chi connectivity index (χ1v) is 6.48. The summed E-state index contributed by atoms with van der Waals surface area (Å²) in [6.07, 6.45) is 3.36. The van der Waals surface area contributed by atoms with Crippen LogP contribution in [0.3, 0.4) is 0 Å². The highest BCUT2D eigenvalue weighted by atomic mass is 32.2. The Labute approximate surface area is 101 Å². The molecule has 90 valence electrons. The van der Waals surface area contributed by atoms with Crippen LogP contribution in [-0.4, -0.2) is 24.0 Å². The Morgan fingerprint density at radius 1 is 1.50 bits per heavy atom. The van der Waals surface area contributed by atoms with Crippen molar-refractivity contribution in [2.75, 3.05) is 12.3 Å². The van der Waals surface area contributed by atoms with Crippen LogP contribution in [0.15, 0.2) is 11.0 Å². The average molecular weight is 241 g/mol. The number of carbonyl (C=O) groups excluding carboxylic acids is 2. The molecule has 0 spiro atoms. The molecule has 1 amide bonds. The molecule has 0 aromatic heterocycles. The van der Waals surface area contributed by atoms with Crippen molar-refractivity contribution in [3.05, 3.63) is 11.0 Å². The van der Waals surface area contributed by atoms with Gasteiger partial charge in [0, 0.05) is 25.6 Å². The first-order valence-electron chi connectivity index (χ1n) is 5.50. The van der Waals surface area contributed by atoms with Gasteiger partial charge in [-0.3, -0.25) is 9.59 Å². The van der Waals surface area contributed by atoms with E-state index in [1.807, 2.05) is 0 Å². The molecule has 1 rings (SSSR count). The van der Waals surface area contributed by atoms with Crippen molar-refractivity contribution < 1.29 is 9.59 Å². The molecule has 0 bridgehead atoms. The molecule has 0 unspecified atom stereocenters. The maximum absolute atomic E-state index is 11.5. The molecule has 4 heteroatoms. The molecule has 0 heterocycles. The fourth-order valence-corrected chi connectivity index (χ4v) is 2.96. The standard InChI is InChI=1S/C12H19NO2S/c1-9(14)13-4-5-16-11-6-10(15)7-12(2,3)8-11/h6H,4-5,7-8H2,1-3H3,(H,13,14). The van der Waals surface area contributed by atoms with E-state index in [9.17, 15) is 9.59 Å². The molecule has 0 aromatic carbocycles. The van der Waals surface area contributed by atoms with Crippen molar-refractivity contribution in [3.63, 3.8) is 0 Å². The molecule has 0 aliphatic heterocycles. The van der Waals surface area contributed by atoms with E-state index in [1.165, 1.54) is 6.92 Å². The van der Waals surface area contributed by atoms with E-state index in [-0.39, 0.29) is 17.1 Å². The van der Waals surface area contributed by atoms with Gasteiger partial charge < -0.3 is 5.32 Å². The van der Waals surface area contributed by atoms with E-state index in [0.29, 0.717) is 13.0 Å². The third-order valence-corrected chi connectivity index (χ3v) is 3.43. The number of thioether (sulfide) groups is 1.